The number of amides is 2. The van der Waals surface area contributed by atoms with Crippen molar-refractivity contribution >= 4 is 35.0 Å². The number of carbonyl (C=O) groups is 5. The van der Waals surface area contributed by atoms with Gasteiger partial charge < -0.3 is 4.74 Å². The predicted molar refractivity (Wildman–Crippen MR) is 103 cm³/mol. The van der Waals surface area contributed by atoms with Crippen molar-refractivity contribution in [3.05, 3.63) is 74.3 Å². The molecular weight excluding hydrogens is 408 g/mol. The van der Waals surface area contributed by atoms with Crippen LogP contribution >= 0.6 is 0 Å². The minimum absolute atomic E-state index is 0.00339. The molecule has 1 aliphatic heterocycles. The number of imide groups is 1. The quantitative estimate of drug-likeness (QED) is 0.351. The van der Waals surface area contributed by atoms with E-state index in [-0.39, 0.29) is 35.6 Å². The average Bonchev–Trinajstić information content (AvgIpc) is 3.20. The third-order valence-electron chi connectivity index (χ3n) is 5.17. The van der Waals surface area contributed by atoms with Gasteiger partial charge in [-0.3, -0.25) is 34.2 Å². The molecule has 0 spiro atoms. The molecule has 0 aromatic heterocycles. The fourth-order valence-electron chi connectivity index (χ4n) is 3.72. The average molecular weight is 422 g/mol. The highest BCUT2D eigenvalue weighted by Gasteiger charge is 2.39. The van der Waals surface area contributed by atoms with Crippen molar-refractivity contribution in [2.75, 3.05) is 13.2 Å². The lowest BCUT2D eigenvalue weighted by Crippen LogP contribution is -2.35. The maximum Gasteiger partial charge on any atom is 0.345 e. The molecular formula is C21H14N2O8. The van der Waals surface area contributed by atoms with E-state index in [1.54, 1.807) is 6.07 Å². The van der Waals surface area contributed by atoms with Gasteiger partial charge in [-0.05, 0) is 18.6 Å². The molecule has 4 rings (SSSR count). The summed E-state index contributed by atoms with van der Waals surface area (Å²) in [6.45, 7) is -0.571. The maximum absolute atomic E-state index is 12.9. The Kier molecular flexibility index (Phi) is 4.90. The summed E-state index contributed by atoms with van der Waals surface area (Å²) < 4.78 is 4.88. The van der Waals surface area contributed by atoms with Gasteiger partial charge in [-0.1, -0.05) is 24.3 Å². The Morgan fingerprint density at radius 3 is 2.29 bits per heavy atom. The number of nitrogens with zero attached hydrogens (tertiary/aromatic N) is 2. The van der Waals surface area contributed by atoms with Gasteiger partial charge in [0.05, 0.1) is 4.92 Å². The zero-order valence-electron chi connectivity index (χ0n) is 16.0. The van der Waals surface area contributed by atoms with Crippen LogP contribution in [-0.4, -0.2) is 52.3 Å². The number of ketones is 2. The summed E-state index contributed by atoms with van der Waals surface area (Å²) in [6.07, 6.45) is 0.722. The van der Waals surface area contributed by atoms with E-state index in [1.165, 1.54) is 18.2 Å². The molecule has 1 fully saturated rings. The highest BCUT2D eigenvalue weighted by atomic mass is 16.6. The number of nitro groups is 1. The van der Waals surface area contributed by atoms with Crippen LogP contribution in [0, 0.1) is 10.1 Å². The first-order valence-corrected chi connectivity index (χ1v) is 9.31. The summed E-state index contributed by atoms with van der Waals surface area (Å²) >= 11 is 0. The second-order valence-electron chi connectivity index (χ2n) is 6.96. The van der Waals surface area contributed by atoms with Crippen LogP contribution in [-0.2, 0) is 14.3 Å². The van der Waals surface area contributed by atoms with Gasteiger partial charge in [0.15, 0.2) is 12.4 Å². The Bertz CT molecular complexity index is 1200. The van der Waals surface area contributed by atoms with Crippen LogP contribution in [0.5, 0.6) is 0 Å². The van der Waals surface area contributed by atoms with E-state index >= 15 is 0 Å². The molecule has 0 radical (unpaired) electrons. The summed E-state index contributed by atoms with van der Waals surface area (Å²) in [6, 6.07) is 8.07. The molecule has 10 heteroatoms. The van der Waals surface area contributed by atoms with Gasteiger partial charge in [-0.2, -0.15) is 0 Å². The fourth-order valence-corrected chi connectivity index (χ4v) is 3.72. The summed E-state index contributed by atoms with van der Waals surface area (Å²) in [7, 11) is 0. The number of fused-ring (bicyclic) bond motifs is 2. The van der Waals surface area contributed by atoms with Crippen molar-refractivity contribution in [1.29, 1.82) is 0 Å². The molecule has 1 saturated heterocycles. The number of likely N-dealkylation sites (tertiary alicyclic amines) is 1. The lowest BCUT2D eigenvalue weighted by atomic mass is 9.82. The van der Waals surface area contributed by atoms with Crippen LogP contribution in [0.3, 0.4) is 0 Å². The number of hydrogen-bond acceptors (Lipinski definition) is 8. The molecule has 31 heavy (non-hydrogen) atoms. The number of benzene rings is 2. The second-order valence-corrected chi connectivity index (χ2v) is 6.96. The highest BCUT2D eigenvalue weighted by molar-refractivity contribution is 6.30. The number of esters is 1. The zero-order valence-corrected chi connectivity index (χ0v) is 16.0. The van der Waals surface area contributed by atoms with Gasteiger partial charge in [0.2, 0.25) is 11.7 Å². The number of ether oxygens (including phenoxy) is 1. The van der Waals surface area contributed by atoms with Crippen molar-refractivity contribution < 1.29 is 33.6 Å². The Labute approximate surface area is 174 Å². The molecule has 0 unspecified atom stereocenters. The molecule has 10 nitrogen and oxygen atoms in total. The topological polar surface area (TPSA) is 141 Å². The maximum atomic E-state index is 12.9. The van der Waals surface area contributed by atoms with Gasteiger partial charge in [0.25, 0.3) is 11.6 Å². The molecule has 0 bridgehead atoms. The normalized spacial score (nSPS) is 14.8. The molecule has 2 aliphatic rings. The van der Waals surface area contributed by atoms with Crippen molar-refractivity contribution in [2.24, 2.45) is 0 Å². The van der Waals surface area contributed by atoms with Crippen molar-refractivity contribution in [3.8, 4) is 0 Å². The Morgan fingerprint density at radius 1 is 1.00 bits per heavy atom. The monoisotopic (exact) mass is 422 g/mol. The first kappa shape index (κ1) is 20.1. The van der Waals surface area contributed by atoms with E-state index in [0.717, 1.165) is 17.0 Å². The minimum atomic E-state index is -1.21. The first-order valence-electron chi connectivity index (χ1n) is 9.31. The number of rotatable bonds is 4. The first-order chi connectivity index (χ1) is 14.8. The third kappa shape index (κ3) is 3.27. The fraction of sp³-hybridized carbons (Fsp3) is 0.190. The lowest BCUT2D eigenvalue weighted by Gasteiger charge is -2.18. The van der Waals surface area contributed by atoms with Crippen molar-refractivity contribution in [1.82, 2.24) is 4.90 Å². The molecule has 156 valence electrons. The third-order valence-corrected chi connectivity index (χ3v) is 5.17. The van der Waals surface area contributed by atoms with Crippen LogP contribution < -0.4 is 0 Å². The molecule has 0 saturated carbocycles. The predicted octanol–water partition coefficient (Wildman–Crippen LogP) is 1.68. The Hall–Kier alpha value is -4.21. The molecule has 1 heterocycles. The SMILES string of the molecule is O=C1c2ccccc2C(=O)c2c1ccc(C(=O)OCC(=O)N1CCCC1=O)c2[N+](=O)[O-]. The van der Waals surface area contributed by atoms with Crippen molar-refractivity contribution in [2.45, 2.75) is 12.8 Å². The van der Waals surface area contributed by atoms with E-state index in [4.69, 9.17) is 4.74 Å². The second kappa shape index (κ2) is 7.56. The number of nitro benzene ring substituents is 1. The van der Waals surface area contributed by atoms with E-state index < -0.39 is 51.8 Å². The van der Waals surface area contributed by atoms with E-state index in [1.807, 2.05) is 0 Å². The van der Waals surface area contributed by atoms with Crippen LogP contribution in [0.25, 0.3) is 0 Å². The number of hydrogen-bond donors (Lipinski definition) is 0. The van der Waals surface area contributed by atoms with Crippen LogP contribution in [0.1, 0.15) is 55.0 Å². The summed E-state index contributed by atoms with van der Waals surface area (Å²) in [4.78, 5) is 73.6. The summed E-state index contributed by atoms with van der Waals surface area (Å²) in [5.41, 5.74) is -2.00. The zero-order chi connectivity index (χ0) is 22.3. The lowest BCUT2D eigenvalue weighted by molar-refractivity contribution is -0.385. The van der Waals surface area contributed by atoms with Crippen LogP contribution in [0.15, 0.2) is 36.4 Å². The molecule has 2 aromatic rings. The van der Waals surface area contributed by atoms with Crippen LogP contribution in [0.4, 0.5) is 5.69 Å². The smallest absolute Gasteiger partial charge is 0.345 e. The van der Waals surface area contributed by atoms with Gasteiger partial charge in [-0.15, -0.1) is 0 Å². The van der Waals surface area contributed by atoms with Gasteiger partial charge in [0.1, 0.15) is 11.1 Å². The molecule has 2 amide bonds. The summed E-state index contributed by atoms with van der Waals surface area (Å²) in [5, 5.41) is 11.8. The van der Waals surface area contributed by atoms with Gasteiger partial charge >= 0.3 is 5.97 Å². The molecule has 0 N–H and O–H groups in total. The van der Waals surface area contributed by atoms with Gasteiger partial charge in [-0.25, -0.2) is 4.79 Å². The van der Waals surface area contributed by atoms with E-state index in [9.17, 15) is 34.1 Å². The Balaban J connectivity index is 1.68. The van der Waals surface area contributed by atoms with Crippen molar-refractivity contribution in [3.63, 3.8) is 0 Å². The number of carbonyl (C=O) groups excluding carboxylic acids is 5. The summed E-state index contributed by atoms with van der Waals surface area (Å²) in [5.74, 6) is -3.67. The molecule has 1 aliphatic carbocycles. The largest absolute Gasteiger partial charge is 0.452 e. The standard InChI is InChI=1S/C21H14N2O8/c24-15-6-3-9-22(15)16(25)10-31-21(28)14-8-7-13-17(18(14)23(29)30)20(27)12-5-2-1-4-11(12)19(13)26/h1-2,4-5,7-8H,3,6,9-10H2. The van der Waals surface area contributed by atoms with Gasteiger partial charge in [0, 0.05) is 29.7 Å². The van der Waals surface area contributed by atoms with E-state index in [0.29, 0.717) is 6.42 Å². The van der Waals surface area contributed by atoms with E-state index in [2.05, 4.69) is 0 Å². The van der Waals surface area contributed by atoms with Crippen LogP contribution in [0.2, 0.25) is 0 Å². The minimum Gasteiger partial charge on any atom is -0.452 e. The molecule has 2 aromatic carbocycles. The Morgan fingerprint density at radius 2 is 1.68 bits per heavy atom. The highest BCUT2D eigenvalue weighted by Crippen LogP contribution is 2.35. The molecule has 0 atom stereocenters.